The summed E-state index contributed by atoms with van der Waals surface area (Å²) in [5, 5.41) is 12.5. The lowest BCUT2D eigenvalue weighted by Gasteiger charge is -1.99. The highest BCUT2D eigenvalue weighted by Crippen LogP contribution is 2.17. The third-order valence-electron chi connectivity index (χ3n) is 3.01. The number of Topliss-reactive ketones (excluding diaryl/α,β-unsaturated/α-hetero) is 1. The average molecular weight is 317 g/mol. The Hall–Kier alpha value is -2.60. The molecule has 3 aromatic rings. The second kappa shape index (κ2) is 6.03. The monoisotopic (exact) mass is 316 g/mol. The van der Waals surface area contributed by atoms with E-state index < -0.39 is 0 Å². The van der Waals surface area contributed by atoms with Crippen LogP contribution in [0.4, 0.5) is 4.39 Å². The largest absolute Gasteiger partial charge is 0.292 e. The summed E-state index contributed by atoms with van der Waals surface area (Å²) in [6, 6.07) is 12.3. The Labute approximate surface area is 130 Å². The average Bonchev–Trinajstić information content (AvgIpc) is 2.97. The fraction of sp³-hybridized carbons (Fsp3) is 0.0667. The highest BCUT2D eigenvalue weighted by Gasteiger charge is 2.11. The lowest BCUT2D eigenvalue weighted by molar-refractivity contribution is 0.0961. The smallest absolute Gasteiger partial charge is 0.204 e. The van der Waals surface area contributed by atoms with Gasteiger partial charge in [-0.25, -0.2) is 4.39 Å². The maximum Gasteiger partial charge on any atom is 0.204 e. The van der Waals surface area contributed by atoms with E-state index in [0.29, 0.717) is 16.4 Å². The van der Waals surface area contributed by atoms with Crippen molar-refractivity contribution in [2.45, 2.75) is 6.54 Å². The number of hydrogen-bond acceptors (Lipinski definition) is 4. The van der Waals surface area contributed by atoms with Gasteiger partial charge in [0, 0.05) is 16.1 Å². The van der Waals surface area contributed by atoms with E-state index in [1.807, 2.05) is 0 Å². The molecular weight excluding hydrogens is 307 g/mol. The Morgan fingerprint density at radius 1 is 1.09 bits per heavy atom. The molecule has 0 bridgehead atoms. The van der Waals surface area contributed by atoms with Crippen molar-refractivity contribution in [1.82, 2.24) is 20.2 Å². The van der Waals surface area contributed by atoms with E-state index in [2.05, 4.69) is 15.4 Å². The van der Waals surface area contributed by atoms with Crippen LogP contribution in [-0.2, 0) is 6.54 Å². The van der Waals surface area contributed by atoms with E-state index in [1.165, 1.54) is 29.1 Å². The van der Waals surface area contributed by atoms with Crippen molar-refractivity contribution in [3.63, 3.8) is 0 Å². The van der Waals surface area contributed by atoms with Crippen molar-refractivity contribution in [2.24, 2.45) is 0 Å². The molecule has 0 amide bonds. The zero-order valence-corrected chi connectivity index (χ0v) is 12.0. The summed E-state index contributed by atoms with van der Waals surface area (Å²) in [7, 11) is 0. The molecule has 0 radical (unpaired) electrons. The molecule has 5 nitrogen and oxygen atoms in total. The summed E-state index contributed by atoms with van der Waals surface area (Å²) in [4.78, 5) is 13.3. The van der Waals surface area contributed by atoms with E-state index in [1.54, 1.807) is 24.3 Å². The quantitative estimate of drug-likeness (QED) is 0.694. The van der Waals surface area contributed by atoms with Crippen LogP contribution in [0.5, 0.6) is 0 Å². The van der Waals surface area contributed by atoms with Crippen LogP contribution in [0.25, 0.3) is 11.4 Å². The zero-order chi connectivity index (χ0) is 15.5. The molecular formula is C15H10ClFN4O. The molecule has 22 heavy (non-hydrogen) atoms. The number of benzene rings is 2. The number of aromatic nitrogens is 4. The van der Waals surface area contributed by atoms with E-state index in [4.69, 9.17) is 11.6 Å². The van der Waals surface area contributed by atoms with Crippen LogP contribution in [0, 0.1) is 5.82 Å². The molecule has 0 saturated heterocycles. The molecule has 2 aromatic carbocycles. The molecule has 0 atom stereocenters. The van der Waals surface area contributed by atoms with Gasteiger partial charge in [-0.05, 0) is 53.7 Å². The predicted octanol–water partition coefficient (Wildman–Crippen LogP) is 3.02. The van der Waals surface area contributed by atoms with Gasteiger partial charge in [0.05, 0.1) is 0 Å². The summed E-state index contributed by atoms with van der Waals surface area (Å²) in [6.07, 6.45) is 0. The molecule has 1 aromatic heterocycles. The van der Waals surface area contributed by atoms with Crippen LogP contribution < -0.4 is 0 Å². The fourth-order valence-corrected chi connectivity index (χ4v) is 2.01. The van der Waals surface area contributed by atoms with Crippen LogP contribution in [0.15, 0.2) is 48.5 Å². The molecule has 0 fully saturated rings. The van der Waals surface area contributed by atoms with Gasteiger partial charge in [-0.3, -0.25) is 4.79 Å². The Kier molecular flexibility index (Phi) is 3.93. The van der Waals surface area contributed by atoms with E-state index >= 15 is 0 Å². The third kappa shape index (κ3) is 3.17. The highest BCUT2D eigenvalue weighted by atomic mass is 35.5. The first kappa shape index (κ1) is 14.3. The summed E-state index contributed by atoms with van der Waals surface area (Å²) >= 11 is 5.82. The van der Waals surface area contributed by atoms with E-state index in [0.717, 1.165) is 5.56 Å². The highest BCUT2D eigenvalue weighted by molar-refractivity contribution is 6.30. The number of carbonyl (C=O) groups is 1. The molecule has 110 valence electrons. The van der Waals surface area contributed by atoms with Gasteiger partial charge in [0.1, 0.15) is 12.4 Å². The first-order valence-electron chi connectivity index (χ1n) is 6.44. The number of hydrogen-bond donors (Lipinski definition) is 0. The second-order valence-corrected chi connectivity index (χ2v) is 5.02. The van der Waals surface area contributed by atoms with E-state index in [-0.39, 0.29) is 18.1 Å². The van der Waals surface area contributed by atoms with Crippen molar-refractivity contribution >= 4 is 17.4 Å². The summed E-state index contributed by atoms with van der Waals surface area (Å²) in [5.74, 6) is -0.205. The predicted molar refractivity (Wildman–Crippen MR) is 79.0 cm³/mol. The van der Waals surface area contributed by atoms with Crippen molar-refractivity contribution in [3.05, 3.63) is 64.9 Å². The Morgan fingerprint density at radius 2 is 1.77 bits per heavy atom. The van der Waals surface area contributed by atoms with Crippen molar-refractivity contribution < 1.29 is 9.18 Å². The summed E-state index contributed by atoms with van der Waals surface area (Å²) in [6.45, 7) is -0.0633. The van der Waals surface area contributed by atoms with Gasteiger partial charge in [-0.1, -0.05) is 11.6 Å². The maximum absolute atomic E-state index is 12.8. The maximum atomic E-state index is 12.8. The summed E-state index contributed by atoms with van der Waals surface area (Å²) < 4.78 is 12.8. The van der Waals surface area contributed by atoms with Crippen molar-refractivity contribution in [3.8, 4) is 11.4 Å². The Balaban J connectivity index is 1.75. The molecule has 0 aliphatic heterocycles. The van der Waals surface area contributed by atoms with Crippen LogP contribution in [0.3, 0.4) is 0 Å². The molecule has 0 spiro atoms. The minimum Gasteiger partial charge on any atom is -0.292 e. The number of halogens is 2. The Bertz CT molecular complexity index is 799. The molecule has 1 heterocycles. The minimum absolute atomic E-state index is 0.0633. The summed E-state index contributed by atoms with van der Waals surface area (Å²) in [5.41, 5.74) is 1.15. The number of nitrogens with zero attached hydrogens (tertiary/aromatic N) is 4. The molecule has 0 N–H and O–H groups in total. The van der Waals surface area contributed by atoms with Gasteiger partial charge in [-0.2, -0.15) is 4.80 Å². The fourth-order valence-electron chi connectivity index (χ4n) is 1.88. The van der Waals surface area contributed by atoms with Gasteiger partial charge >= 0.3 is 0 Å². The van der Waals surface area contributed by atoms with Crippen LogP contribution >= 0.6 is 11.6 Å². The SMILES string of the molecule is O=C(Cn1nnc(-c2ccc(Cl)cc2)n1)c1ccc(F)cc1. The Morgan fingerprint density at radius 3 is 2.45 bits per heavy atom. The van der Waals surface area contributed by atoms with E-state index in [9.17, 15) is 9.18 Å². The first-order valence-corrected chi connectivity index (χ1v) is 6.82. The normalized spacial score (nSPS) is 10.6. The molecule has 0 aliphatic carbocycles. The minimum atomic E-state index is -0.388. The van der Waals surface area contributed by atoms with Crippen LogP contribution in [0.2, 0.25) is 5.02 Å². The zero-order valence-electron chi connectivity index (χ0n) is 11.3. The molecule has 3 rings (SSSR count). The number of rotatable bonds is 4. The molecule has 0 saturated carbocycles. The number of carbonyl (C=O) groups excluding carboxylic acids is 1. The standard InChI is InChI=1S/C15H10ClFN4O/c16-12-5-1-11(2-6-12)15-18-20-21(19-15)9-14(22)10-3-7-13(17)8-4-10/h1-8H,9H2. The van der Waals surface area contributed by atoms with Gasteiger partial charge in [0.2, 0.25) is 5.82 Å². The van der Waals surface area contributed by atoms with Gasteiger partial charge in [-0.15, -0.1) is 10.2 Å². The first-order chi connectivity index (χ1) is 10.6. The number of ketones is 1. The van der Waals surface area contributed by atoms with Crippen molar-refractivity contribution in [2.75, 3.05) is 0 Å². The lowest BCUT2D eigenvalue weighted by atomic mass is 10.1. The number of tetrazole rings is 1. The lowest BCUT2D eigenvalue weighted by Crippen LogP contribution is -2.13. The van der Waals surface area contributed by atoms with Gasteiger partial charge in [0.15, 0.2) is 5.78 Å². The van der Waals surface area contributed by atoms with Crippen LogP contribution in [-0.4, -0.2) is 26.0 Å². The third-order valence-corrected chi connectivity index (χ3v) is 3.26. The van der Waals surface area contributed by atoms with Crippen LogP contribution in [0.1, 0.15) is 10.4 Å². The second-order valence-electron chi connectivity index (χ2n) is 4.58. The van der Waals surface area contributed by atoms with Crippen molar-refractivity contribution in [1.29, 1.82) is 0 Å². The molecule has 7 heteroatoms. The molecule has 0 unspecified atom stereocenters. The van der Waals surface area contributed by atoms with Gasteiger partial charge in [0.25, 0.3) is 0 Å². The topological polar surface area (TPSA) is 60.7 Å². The van der Waals surface area contributed by atoms with Gasteiger partial charge < -0.3 is 0 Å². The molecule has 0 aliphatic rings.